The molecule has 0 radical (unpaired) electrons. The van der Waals surface area contributed by atoms with Crippen molar-refractivity contribution in [3.8, 4) is 6.07 Å². The molecule has 2 rings (SSSR count). The fourth-order valence-electron chi connectivity index (χ4n) is 1.98. The normalized spacial score (nSPS) is 15.3. The second-order valence-corrected chi connectivity index (χ2v) is 4.00. The Morgan fingerprint density at radius 3 is 3.12 bits per heavy atom. The van der Waals surface area contributed by atoms with Crippen molar-refractivity contribution in [2.24, 2.45) is 0 Å². The van der Waals surface area contributed by atoms with E-state index in [9.17, 15) is 0 Å². The van der Waals surface area contributed by atoms with Crippen LogP contribution in [0.25, 0.3) is 0 Å². The molecule has 4 heteroatoms. The maximum Gasteiger partial charge on any atom is 0.101 e. The Balaban J connectivity index is 2.13. The van der Waals surface area contributed by atoms with Crippen LogP contribution in [-0.4, -0.2) is 31.8 Å². The van der Waals surface area contributed by atoms with E-state index >= 15 is 0 Å². The summed E-state index contributed by atoms with van der Waals surface area (Å²) in [5, 5.41) is 9.05. The molecule has 17 heavy (non-hydrogen) atoms. The van der Waals surface area contributed by atoms with Gasteiger partial charge in [0.2, 0.25) is 0 Å². The van der Waals surface area contributed by atoms with Crippen molar-refractivity contribution in [3.63, 3.8) is 0 Å². The highest BCUT2D eigenvalue weighted by atomic mass is 16.5. The number of pyridine rings is 1. The molecule has 0 saturated carbocycles. The Labute approximate surface area is 101 Å². The van der Waals surface area contributed by atoms with E-state index in [0.717, 1.165) is 25.2 Å². The van der Waals surface area contributed by atoms with Crippen molar-refractivity contribution in [1.29, 1.82) is 5.26 Å². The van der Waals surface area contributed by atoms with Crippen LogP contribution in [0.4, 0.5) is 5.69 Å². The lowest BCUT2D eigenvalue weighted by Gasteiger charge is -2.28. The van der Waals surface area contributed by atoms with Crippen LogP contribution < -0.4 is 4.90 Å². The molecule has 0 fully saturated rings. The first-order chi connectivity index (χ1) is 8.35. The molecular formula is C13H15N3O. The van der Waals surface area contributed by atoms with Gasteiger partial charge in [0, 0.05) is 26.4 Å². The topological polar surface area (TPSA) is 49.1 Å². The Morgan fingerprint density at radius 1 is 1.59 bits per heavy atom. The van der Waals surface area contributed by atoms with Gasteiger partial charge < -0.3 is 9.64 Å². The fraction of sp³-hybridized carbons (Fsp3) is 0.385. The molecule has 0 bridgehead atoms. The summed E-state index contributed by atoms with van der Waals surface area (Å²) in [6.45, 7) is 2.43. The molecule has 4 nitrogen and oxygen atoms in total. The predicted octanol–water partition coefficient (Wildman–Crippen LogP) is 1.74. The molecule has 0 saturated heterocycles. The minimum absolute atomic E-state index is 0.684. The van der Waals surface area contributed by atoms with Crippen molar-refractivity contribution < 1.29 is 4.74 Å². The molecule has 1 aromatic rings. The van der Waals surface area contributed by atoms with Gasteiger partial charge in [-0.05, 0) is 18.1 Å². The highest BCUT2D eigenvalue weighted by molar-refractivity contribution is 5.58. The Morgan fingerprint density at radius 2 is 2.47 bits per heavy atom. The number of nitriles is 1. The summed E-state index contributed by atoms with van der Waals surface area (Å²) >= 11 is 0. The highest BCUT2D eigenvalue weighted by Crippen LogP contribution is 2.22. The van der Waals surface area contributed by atoms with E-state index in [-0.39, 0.29) is 0 Å². The molecule has 0 atom stereocenters. The van der Waals surface area contributed by atoms with E-state index < -0.39 is 0 Å². The van der Waals surface area contributed by atoms with Crippen molar-refractivity contribution in [2.45, 2.75) is 6.42 Å². The van der Waals surface area contributed by atoms with Crippen molar-refractivity contribution in [1.82, 2.24) is 4.98 Å². The van der Waals surface area contributed by atoms with Gasteiger partial charge in [0.05, 0.1) is 24.1 Å². The third-order valence-corrected chi connectivity index (χ3v) is 2.89. The SMILES string of the molecule is COCC1=CCN(c2cnccc2C#N)CC1. The van der Waals surface area contributed by atoms with Crippen LogP contribution in [0.1, 0.15) is 12.0 Å². The summed E-state index contributed by atoms with van der Waals surface area (Å²) in [5.41, 5.74) is 2.93. The molecule has 0 unspecified atom stereocenters. The van der Waals surface area contributed by atoms with Crippen LogP contribution in [-0.2, 0) is 4.74 Å². The highest BCUT2D eigenvalue weighted by Gasteiger charge is 2.14. The van der Waals surface area contributed by atoms with Crippen LogP contribution >= 0.6 is 0 Å². The maximum absolute atomic E-state index is 9.05. The van der Waals surface area contributed by atoms with E-state index in [2.05, 4.69) is 22.0 Å². The first-order valence-electron chi connectivity index (χ1n) is 5.61. The molecule has 0 spiro atoms. The lowest BCUT2D eigenvalue weighted by atomic mass is 10.1. The molecule has 1 aromatic heterocycles. The van der Waals surface area contributed by atoms with Crippen LogP contribution in [0, 0.1) is 11.3 Å². The van der Waals surface area contributed by atoms with Crippen LogP contribution in [0.5, 0.6) is 0 Å². The zero-order valence-electron chi connectivity index (χ0n) is 9.89. The smallest absolute Gasteiger partial charge is 0.101 e. The van der Waals surface area contributed by atoms with E-state index in [1.165, 1.54) is 5.57 Å². The summed E-state index contributed by atoms with van der Waals surface area (Å²) in [5.74, 6) is 0. The number of hydrogen-bond donors (Lipinski definition) is 0. The summed E-state index contributed by atoms with van der Waals surface area (Å²) in [4.78, 5) is 6.26. The maximum atomic E-state index is 9.05. The van der Waals surface area contributed by atoms with E-state index in [1.807, 2.05) is 0 Å². The molecule has 0 aromatic carbocycles. The van der Waals surface area contributed by atoms with Gasteiger partial charge in [-0.25, -0.2) is 0 Å². The average Bonchev–Trinajstić information content (AvgIpc) is 2.40. The molecule has 1 aliphatic heterocycles. The number of aromatic nitrogens is 1. The minimum atomic E-state index is 0.684. The fourth-order valence-corrected chi connectivity index (χ4v) is 1.98. The van der Waals surface area contributed by atoms with Gasteiger partial charge in [0.25, 0.3) is 0 Å². The number of hydrogen-bond acceptors (Lipinski definition) is 4. The van der Waals surface area contributed by atoms with Gasteiger partial charge in [0.1, 0.15) is 6.07 Å². The first-order valence-corrected chi connectivity index (χ1v) is 5.61. The summed E-state index contributed by atoms with van der Waals surface area (Å²) < 4.78 is 5.12. The van der Waals surface area contributed by atoms with Gasteiger partial charge in [-0.1, -0.05) is 6.08 Å². The second kappa shape index (κ2) is 5.46. The molecule has 88 valence electrons. The molecule has 0 N–H and O–H groups in total. The lowest BCUT2D eigenvalue weighted by Crippen LogP contribution is -2.30. The van der Waals surface area contributed by atoms with Gasteiger partial charge in [-0.3, -0.25) is 4.98 Å². The molecular weight excluding hydrogens is 214 g/mol. The van der Waals surface area contributed by atoms with Crippen LogP contribution in [0.2, 0.25) is 0 Å². The predicted molar refractivity (Wildman–Crippen MR) is 65.7 cm³/mol. The van der Waals surface area contributed by atoms with Gasteiger partial charge in [0.15, 0.2) is 0 Å². The van der Waals surface area contributed by atoms with E-state index in [0.29, 0.717) is 12.2 Å². The number of ether oxygens (including phenoxy) is 1. The minimum Gasteiger partial charge on any atom is -0.380 e. The molecule has 2 heterocycles. The zero-order chi connectivity index (χ0) is 12.1. The second-order valence-electron chi connectivity index (χ2n) is 4.00. The van der Waals surface area contributed by atoms with Crippen LogP contribution in [0.3, 0.4) is 0 Å². The standard InChI is InChI=1S/C13H15N3O/c1-17-10-11-3-6-16(7-4-11)13-9-15-5-2-12(13)8-14/h2-3,5,9H,4,6-7,10H2,1H3. The number of methoxy groups -OCH3 is 1. The summed E-state index contributed by atoms with van der Waals surface area (Å²) in [6, 6.07) is 3.96. The number of nitrogens with zero attached hydrogens (tertiary/aromatic N) is 3. The first kappa shape index (κ1) is 11.6. The number of anilines is 1. The van der Waals surface area contributed by atoms with Gasteiger partial charge in [-0.15, -0.1) is 0 Å². The Bertz CT molecular complexity index is 462. The largest absolute Gasteiger partial charge is 0.380 e. The lowest BCUT2D eigenvalue weighted by molar-refractivity contribution is 0.222. The zero-order valence-corrected chi connectivity index (χ0v) is 9.89. The van der Waals surface area contributed by atoms with E-state index in [4.69, 9.17) is 10.00 Å². The van der Waals surface area contributed by atoms with Crippen molar-refractivity contribution >= 4 is 5.69 Å². The molecule has 0 amide bonds. The Hall–Kier alpha value is -1.86. The van der Waals surface area contributed by atoms with Crippen LogP contribution in [0.15, 0.2) is 30.1 Å². The summed E-state index contributed by atoms with van der Waals surface area (Å²) in [7, 11) is 1.71. The third kappa shape index (κ3) is 2.63. The summed E-state index contributed by atoms with van der Waals surface area (Å²) in [6.07, 6.45) is 6.56. The van der Waals surface area contributed by atoms with E-state index in [1.54, 1.807) is 25.6 Å². The third-order valence-electron chi connectivity index (χ3n) is 2.89. The Kier molecular flexibility index (Phi) is 3.73. The number of rotatable bonds is 3. The van der Waals surface area contributed by atoms with Crippen molar-refractivity contribution in [2.75, 3.05) is 31.7 Å². The van der Waals surface area contributed by atoms with Gasteiger partial charge >= 0.3 is 0 Å². The quantitative estimate of drug-likeness (QED) is 0.741. The average molecular weight is 229 g/mol. The molecule has 0 aliphatic carbocycles. The van der Waals surface area contributed by atoms with Gasteiger partial charge in [-0.2, -0.15) is 5.26 Å². The molecule has 1 aliphatic rings. The monoisotopic (exact) mass is 229 g/mol. The van der Waals surface area contributed by atoms with Crippen molar-refractivity contribution in [3.05, 3.63) is 35.7 Å².